The van der Waals surface area contributed by atoms with E-state index >= 15 is 0 Å². The summed E-state index contributed by atoms with van der Waals surface area (Å²) in [5.74, 6) is 0.498. The summed E-state index contributed by atoms with van der Waals surface area (Å²) in [6, 6.07) is 1.82. The van der Waals surface area contributed by atoms with Gasteiger partial charge in [0.15, 0.2) is 5.76 Å². The zero-order valence-electron chi connectivity index (χ0n) is 8.70. The molecule has 0 aliphatic carbocycles. The molecule has 1 atom stereocenters. The number of nitrogens with zero attached hydrogens (tertiary/aromatic N) is 1. The molecular formula is C11H14BrNO2. The van der Waals surface area contributed by atoms with E-state index in [0.29, 0.717) is 10.6 Å². The molecule has 1 fully saturated rings. The highest BCUT2D eigenvalue weighted by molar-refractivity contribution is 9.09. The molecule has 15 heavy (non-hydrogen) atoms. The summed E-state index contributed by atoms with van der Waals surface area (Å²) in [5, 5.41) is 0. The molecule has 0 spiro atoms. The van der Waals surface area contributed by atoms with Gasteiger partial charge in [-0.1, -0.05) is 15.9 Å². The van der Waals surface area contributed by atoms with Gasteiger partial charge in [-0.3, -0.25) is 4.79 Å². The van der Waals surface area contributed by atoms with Gasteiger partial charge in [0.05, 0.1) is 6.26 Å². The fraction of sp³-hybridized carbons (Fsp3) is 0.545. The van der Waals surface area contributed by atoms with Gasteiger partial charge in [0, 0.05) is 23.5 Å². The van der Waals surface area contributed by atoms with Crippen LogP contribution in [0.4, 0.5) is 0 Å². The third kappa shape index (κ3) is 2.25. The topological polar surface area (TPSA) is 33.5 Å². The Morgan fingerprint density at radius 2 is 2.47 bits per heavy atom. The fourth-order valence-corrected chi connectivity index (χ4v) is 2.52. The first-order chi connectivity index (χ1) is 7.18. The van der Waals surface area contributed by atoms with E-state index in [9.17, 15) is 4.79 Å². The van der Waals surface area contributed by atoms with Gasteiger partial charge >= 0.3 is 0 Å². The molecule has 1 aromatic rings. The number of carbonyl (C=O) groups excluding carboxylic acids is 1. The van der Waals surface area contributed by atoms with Crippen molar-refractivity contribution in [2.24, 2.45) is 0 Å². The number of piperidine rings is 1. The lowest BCUT2D eigenvalue weighted by atomic mass is 10.1. The number of furan rings is 1. The highest BCUT2D eigenvalue weighted by atomic mass is 79.9. The van der Waals surface area contributed by atoms with E-state index in [4.69, 9.17) is 4.42 Å². The quantitative estimate of drug-likeness (QED) is 0.736. The minimum atomic E-state index is 0.0154. The van der Waals surface area contributed by atoms with E-state index < -0.39 is 0 Å². The Labute approximate surface area is 97.6 Å². The number of halogens is 1. The molecule has 1 amide bonds. The Morgan fingerprint density at radius 3 is 3.07 bits per heavy atom. The predicted molar refractivity (Wildman–Crippen MR) is 61.3 cm³/mol. The highest BCUT2D eigenvalue weighted by Gasteiger charge is 2.25. The Kier molecular flexibility index (Phi) is 3.14. The maximum atomic E-state index is 12.0. The second-order valence-corrected chi connectivity index (χ2v) is 5.22. The fourth-order valence-electron chi connectivity index (χ4n) is 1.85. The third-order valence-electron chi connectivity index (χ3n) is 2.71. The summed E-state index contributed by atoms with van der Waals surface area (Å²) in [6.45, 7) is 3.51. The Morgan fingerprint density at radius 1 is 1.67 bits per heavy atom. The molecule has 0 N–H and O–H groups in total. The number of hydrogen-bond acceptors (Lipinski definition) is 2. The number of amides is 1. The SMILES string of the molecule is Cc1ccoc1C(=O)N1CCCC(Br)C1. The standard InChI is InChI=1S/C11H14BrNO2/c1-8-4-6-15-10(8)11(14)13-5-2-3-9(12)7-13/h4,6,9H,2-3,5,7H2,1H3. The van der Waals surface area contributed by atoms with Crippen LogP contribution >= 0.6 is 15.9 Å². The van der Waals surface area contributed by atoms with E-state index in [1.165, 1.54) is 0 Å². The zero-order chi connectivity index (χ0) is 10.8. The predicted octanol–water partition coefficient (Wildman–Crippen LogP) is 2.59. The first kappa shape index (κ1) is 10.7. The van der Waals surface area contributed by atoms with Crippen LogP contribution in [0.1, 0.15) is 29.0 Å². The summed E-state index contributed by atoms with van der Waals surface area (Å²) in [5.41, 5.74) is 0.914. The van der Waals surface area contributed by atoms with E-state index in [0.717, 1.165) is 31.5 Å². The molecule has 0 saturated carbocycles. The molecule has 1 saturated heterocycles. The van der Waals surface area contributed by atoms with Gasteiger partial charge in [0.1, 0.15) is 0 Å². The summed E-state index contributed by atoms with van der Waals surface area (Å²) in [7, 11) is 0. The maximum absolute atomic E-state index is 12.0. The average Bonchev–Trinajstić information content (AvgIpc) is 2.63. The highest BCUT2D eigenvalue weighted by Crippen LogP contribution is 2.20. The largest absolute Gasteiger partial charge is 0.459 e. The van der Waals surface area contributed by atoms with Crippen LogP contribution in [-0.2, 0) is 0 Å². The van der Waals surface area contributed by atoms with Crippen molar-refractivity contribution in [2.75, 3.05) is 13.1 Å². The van der Waals surface area contributed by atoms with Crippen molar-refractivity contribution >= 4 is 21.8 Å². The lowest BCUT2D eigenvalue weighted by molar-refractivity contribution is 0.0697. The number of rotatable bonds is 1. The van der Waals surface area contributed by atoms with Gasteiger partial charge in [-0.25, -0.2) is 0 Å². The molecule has 4 heteroatoms. The minimum absolute atomic E-state index is 0.0154. The van der Waals surface area contributed by atoms with Crippen LogP contribution in [0.25, 0.3) is 0 Å². The Bertz CT molecular complexity index is 361. The van der Waals surface area contributed by atoms with Crippen molar-refractivity contribution in [1.29, 1.82) is 0 Å². The zero-order valence-corrected chi connectivity index (χ0v) is 10.3. The first-order valence-corrected chi connectivity index (χ1v) is 6.07. The number of hydrogen-bond donors (Lipinski definition) is 0. The van der Waals surface area contributed by atoms with Crippen molar-refractivity contribution in [3.63, 3.8) is 0 Å². The van der Waals surface area contributed by atoms with Crippen LogP contribution in [0.2, 0.25) is 0 Å². The summed E-state index contributed by atoms with van der Waals surface area (Å²) >= 11 is 3.55. The second kappa shape index (κ2) is 4.39. The van der Waals surface area contributed by atoms with Crippen molar-refractivity contribution < 1.29 is 9.21 Å². The Balaban J connectivity index is 2.11. The van der Waals surface area contributed by atoms with E-state index in [1.807, 2.05) is 17.9 Å². The van der Waals surface area contributed by atoms with Crippen LogP contribution in [0.3, 0.4) is 0 Å². The first-order valence-electron chi connectivity index (χ1n) is 5.16. The molecule has 3 nitrogen and oxygen atoms in total. The summed E-state index contributed by atoms with van der Waals surface area (Å²) in [4.78, 5) is 14.3. The van der Waals surface area contributed by atoms with Crippen LogP contribution in [0.15, 0.2) is 16.7 Å². The molecular weight excluding hydrogens is 258 g/mol. The molecule has 1 aliphatic heterocycles. The summed E-state index contributed by atoms with van der Waals surface area (Å²) in [6.07, 6.45) is 3.76. The molecule has 1 unspecified atom stereocenters. The molecule has 1 aliphatic rings. The van der Waals surface area contributed by atoms with Gasteiger partial charge in [0.2, 0.25) is 0 Å². The normalized spacial score (nSPS) is 21.7. The molecule has 2 rings (SSSR count). The average molecular weight is 272 g/mol. The number of carbonyl (C=O) groups is 1. The molecule has 0 bridgehead atoms. The molecule has 0 aromatic carbocycles. The third-order valence-corrected chi connectivity index (χ3v) is 3.45. The summed E-state index contributed by atoms with van der Waals surface area (Å²) < 4.78 is 5.21. The lowest BCUT2D eigenvalue weighted by Crippen LogP contribution is -2.40. The second-order valence-electron chi connectivity index (χ2n) is 3.92. The molecule has 82 valence electrons. The van der Waals surface area contributed by atoms with E-state index in [-0.39, 0.29) is 5.91 Å². The Hall–Kier alpha value is -0.770. The molecule has 0 radical (unpaired) electrons. The van der Waals surface area contributed by atoms with Crippen LogP contribution < -0.4 is 0 Å². The number of likely N-dealkylation sites (tertiary alicyclic amines) is 1. The van der Waals surface area contributed by atoms with Crippen molar-refractivity contribution in [3.8, 4) is 0 Å². The van der Waals surface area contributed by atoms with E-state index in [1.54, 1.807) is 6.26 Å². The van der Waals surface area contributed by atoms with Crippen LogP contribution in [0, 0.1) is 6.92 Å². The minimum Gasteiger partial charge on any atom is -0.459 e. The van der Waals surface area contributed by atoms with Crippen molar-refractivity contribution in [3.05, 3.63) is 23.7 Å². The van der Waals surface area contributed by atoms with Gasteiger partial charge < -0.3 is 9.32 Å². The lowest BCUT2D eigenvalue weighted by Gasteiger charge is -2.29. The smallest absolute Gasteiger partial charge is 0.289 e. The number of alkyl halides is 1. The van der Waals surface area contributed by atoms with Gasteiger partial charge in [-0.15, -0.1) is 0 Å². The van der Waals surface area contributed by atoms with Gasteiger partial charge in [0.25, 0.3) is 5.91 Å². The van der Waals surface area contributed by atoms with Gasteiger partial charge in [-0.05, 0) is 25.8 Å². The monoisotopic (exact) mass is 271 g/mol. The van der Waals surface area contributed by atoms with Crippen molar-refractivity contribution in [1.82, 2.24) is 4.90 Å². The van der Waals surface area contributed by atoms with Gasteiger partial charge in [-0.2, -0.15) is 0 Å². The number of aryl methyl sites for hydroxylation is 1. The van der Waals surface area contributed by atoms with E-state index in [2.05, 4.69) is 15.9 Å². The van der Waals surface area contributed by atoms with Crippen molar-refractivity contribution in [2.45, 2.75) is 24.6 Å². The molecule has 2 heterocycles. The van der Waals surface area contributed by atoms with Crippen LogP contribution in [-0.4, -0.2) is 28.7 Å². The maximum Gasteiger partial charge on any atom is 0.289 e. The van der Waals surface area contributed by atoms with Crippen LogP contribution in [0.5, 0.6) is 0 Å². The molecule has 1 aromatic heterocycles.